The molecule has 2 bridgehead atoms. The van der Waals surface area contributed by atoms with Crippen LogP contribution in [0.5, 0.6) is 0 Å². The third-order valence-electron chi connectivity index (χ3n) is 7.94. The van der Waals surface area contributed by atoms with Gasteiger partial charge in [0.25, 0.3) is 12.3 Å². The summed E-state index contributed by atoms with van der Waals surface area (Å²) < 4.78 is 43.6. The summed E-state index contributed by atoms with van der Waals surface area (Å²) in [6.07, 6.45) is 6.90. The van der Waals surface area contributed by atoms with E-state index in [1.54, 1.807) is 10.9 Å². The third kappa shape index (κ3) is 5.39. The van der Waals surface area contributed by atoms with Crippen molar-refractivity contribution in [1.29, 1.82) is 0 Å². The van der Waals surface area contributed by atoms with Crippen LogP contribution in [0, 0.1) is 12.7 Å². The van der Waals surface area contributed by atoms with E-state index in [-0.39, 0.29) is 22.5 Å². The molecule has 1 N–H and O–H groups in total. The van der Waals surface area contributed by atoms with Gasteiger partial charge in [-0.3, -0.25) is 19.4 Å². The average molecular weight is 563 g/mol. The van der Waals surface area contributed by atoms with Crippen molar-refractivity contribution in [2.75, 3.05) is 30.4 Å². The van der Waals surface area contributed by atoms with Gasteiger partial charge in [0.05, 0.1) is 36.5 Å². The molecule has 1 aromatic carbocycles. The van der Waals surface area contributed by atoms with E-state index in [2.05, 4.69) is 42.2 Å². The lowest BCUT2D eigenvalue weighted by Crippen LogP contribution is -2.52. The number of piperazine rings is 1. The first-order valence-electron chi connectivity index (χ1n) is 13.4. The van der Waals surface area contributed by atoms with Gasteiger partial charge in [0, 0.05) is 48.7 Å². The van der Waals surface area contributed by atoms with E-state index in [9.17, 15) is 18.0 Å². The van der Waals surface area contributed by atoms with Gasteiger partial charge in [-0.15, -0.1) is 0 Å². The standard InChI is InChI=1S/C29H29F3N8O/c1-17-3-7-22(28(31)32)26(27(17)30)23-11-33-12-24(37-23)29(41)36-19-10-35-40(14-19)13-18-4-8-25(34-9-18)39-15-20-5-6-21(16-39)38(20)2/h3-4,7-12,14,20-21,28H,5-6,13,15-16H2,1-2H3,(H,36,41). The predicted octanol–water partition coefficient (Wildman–Crippen LogP) is 4.70. The lowest BCUT2D eigenvalue weighted by molar-refractivity contribution is 0.102. The molecule has 2 aliphatic rings. The number of nitrogens with zero attached hydrogens (tertiary/aromatic N) is 7. The van der Waals surface area contributed by atoms with E-state index in [1.807, 2.05) is 18.3 Å². The number of rotatable bonds is 7. The Morgan fingerprint density at radius 1 is 1.07 bits per heavy atom. The number of pyridine rings is 1. The molecule has 4 aromatic rings. The van der Waals surface area contributed by atoms with Crippen LogP contribution in [0.1, 0.15) is 46.4 Å². The fourth-order valence-electron chi connectivity index (χ4n) is 5.63. The quantitative estimate of drug-likeness (QED) is 0.349. The number of aromatic nitrogens is 5. The molecule has 2 fully saturated rings. The van der Waals surface area contributed by atoms with Crippen LogP contribution in [-0.4, -0.2) is 67.8 Å². The molecule has 0 spiro atoms. The molecule has 5 heterocycles. The summed E-state index contributed by atoms with van der Waals surface area (Å²) >= 11 is 0. The molecule has 9 nitrogen and oxygen atoms in total. The summed E-state index contributed by atoms with van der Waals surface area (Å²) in [5, 5.41) is 7.00. The minimum atomic E-state index is -2.92. The fourth-order valence-corrected chi connectivity index (χ4v) is 5.63. The van der Waals surface area contributed by atoms with E-state index in [4.69, 9.17) is 0 Å². The number of halogens is 3. The highest BCUT2D eigenvalue weighted by Gasteiger charge is 2.37. The molecule has 12 heteroatoms. The van der Waals surface area contributed by atoms with Crippen LogP contribution in [0.3, 0.4) is 0 Å². The molecule has 0 radical (unpaired) electrons. The van der Waals surface area contributed by atoms with Crippen molar-refractivity contribution in [2.24, 2.45) is 0 Å². The van der Waals surface area contributed by atoms with Crippen LogP contribution < -0.4 is 10.2 Å². The first-order chi connectivity index (χ1) is 19.8. The monoisotopic (exact) mass is 562 g/mol. The molecule has 2 aliphatic heterocycles. The number of carbonyl (C=O) groups is 1. The second kappa shape index (κ2) is 10.9. The maximum absolute atomic E-state index is 14.8. The Hall–Kier alpha value is -4.32. The molecular weight excluding hydrogens is 533 g/mol. The smallest absolute Gasteiger partial charge is 0.275 e. The molecule has 3 aromatic heterocycles. The summed E-state index contributed by atoms with van der Waals surface area (Å²) in [5.74, 6) is -0.478. The number of nitrogens with one attached hydrogen (secondary N) is 1. The highest BCUT2D eigenvalue weighted by Crippen LogP contribution is 2.34. The zero-order valence-electron chi connectivity index (χ0n) is 22.6. The maximum atomic E-state index is 14.8. The molecule has 41 heavy (non-hydrogen) atoms. The van der Waals surface area contributed by atoms with Crippen molar-refractivity contribution >= 4 is 17.4 Å². The number of amides is 1. The van der Waals surface area contributed by atoms with Gasteiger partial charge in [-0.1, -0.05) is 18.2 Å². The number of fused-ring (bicyclic) bond motifs is 2. The molecule has 2 atom stereocenters. The molecule has 6 rings (SSSR count). The van der Waals surface area contributed by atoms with Crippen LogP contribution in [0.15, 0.2) is 55.2 Å². The Balaban J connectivity index is 1.12. The van der Waals surface area contributed by atoms with Crippen molar-refractivity contribution in [2.45, 2.75) is 44.8 Å². The van der Waals surface area contributed by atoms with E-state index in [0.717, 1.165) is 36.7 Å². The Labute approximate surface area is 235 Å². The SMILES string of the molecule is Cc1ccc(C(F)F)c(-c2cncc(C(=O)Nc3cnn(Cc4ccc(N5CC6CCC(C5)N6C)nc4)c3)n2)c1F. The number of benzene rings is 1. The molecule has 2 unspecified atom stereocenters. The number of likely N-dealkylation sites (N-methyl/N-ethyl adjacent to an activating group) is 1. The predicted molar refractivity (Wildman–Crippen MR) is 147 cm³/mol. The molecule has 1 amide bonds. The highest BCUT2D eigenvalue weighted by atomic mass is 19.3. The topological polar surface area (TPSA) is 92.1 Å². The molecule has 212 valence electrons. The summed E-state index contributed by atoms with van der Waals surface area (Å²) in [4.78, 5) is 30.5. The third-order valence-corrected chi connectivity index (χ3v) is 7.94. The first kappa shape index (κ1) is 26.9. The Bertz CT molecular complexity index is 1560. The first-order valence-corrected chi connectivity index (χ1v) is 13.4. The van der Waals surface area contributed by atoms with Crippen molar-refractivity contribution in [1.82, 2.24) is 29.6 Å². The second-order valence-corrected chi connectivity index (χ2v) is 10.6. The second-order valence-electron chi connectivity index (χ2n) is 10.6. The zero-order valence-corrected chi connectivity index (χ0v) is 22.6. The van der Waals surface area contributed by atoms with Crippen molar-refractivity contribution < 1.29 is 18.0 Å². The zero-order chi connectivity index (χ0) is 28.7. The van der Waals surface area contributed by atoms with Gasteiger partial charge in [0.15, 0.2) is 0 Å². The number of aryl methyl sites for hydroxylation is 1. The summed E-state index contributed by atoms with van der Waals surface area (Å²) in [6.45, 7) is 3.90. The van der Waals surface area contributed by atoms with Crippen LogP contribution in [0.4, 0.5) is 24.7 Å². The molecule has 0 aliphatic carbocycles. The lowest BCUT2D eigenvalue weighted by atomic mass is 10.0. The molecule has 0 saturated carbocycles. The fraction of sp³-hybridized carbons (Fsp3) is 0.345. The van der Waals surface area contributed by atoms with Crippen LogP contribution in [0.2, 0.25) is 0 Å². The number of hydrogen-bond donors (Lipinski definition) is 1. The van der Waals surface area contributed by atoms with E-state index in [1.165, 1.54) is 38.2 Å². The number of carbonyl (C=O) groups excluding carboxylic acids is 1. The Morgan fingerprint density at radius 3 is 2.56 bits per heavy atom. The van der Waals surface area contributed by atoms with E-state index < -0.39 is 23.7 Å². The van der Waals surface area contributed by atoms with Crippen molar-refractivity contribution in [3.63, 3.8) is 0 Å². The molecular formula is C29H29F3N8O. The molecule has 2 saturated heterocycles. The largest absolute Gasteiger partial charge is 0.353 e. The highest BCUT2D eigenvalue weighted by molar-refractivity contribution is 6.02. The van der Waals surface area contributed by atoms with E-state index in [0.29, 0.717) is 24.3 Å². The minimum Gasteiger partial charge on any atom is -0.353 e. The van der Waals surface area contributed by atoms with Crippen LogP contribution >= 0.6 is 0 Å². The number of hydrogen-bond acceptors (Lipinski definition) is 7. The van der Waals surface area contributed by atoms with Crippen molar-refractivity contribution in [3.8, 4) is 11.3 Å². The van der Waals surface area contributed by atoms with Gasteiger partial charge in [-0.05, 0) is 44.0 Å². The van der Waals surface area contributed by atoms with Crippen LogP contribution in [-0.2, 0) is 6.54 Å². The Kier molecular flexibility index (Phi) is 7.16. The van der Waals surface area contributed by atoms with Gasteiger partial charge < -0.3 is 10.2 Å². The van der Waals surface area contributed by atoms with Crippen LogP contribution in [0.25, 0.3) is 11.3 Å². The number of alkyl halides is 2. The Morgan fingerprint density at radius 2 is 1.85 bits per heavy atom. The van der Waals surface area contributed by atoms with Crippen molar-refractivity contribution in [3.05, 3.63) is 83.5 Å². The maximum Gasteiger partial charge on any atom is 0.275 e. The summed E-state index contributed by atoms with van der Waals surface area (Å²) in [7, 11) is 2.21. The van der Waals surface area contributed by atoms with Gasteiger partial charge in [0.1, 0.15) is 17.3 Å². The summed E-state index contributed by atoms with van der Waals surface area (Å²) in [5.41, 5.74) is 0.382. The summed E-state index contributed by atoms with van der Waals surface area (Å²) in [6, 6.07) is 7.67. The van der Waals surface area contributed by atoms with Gasteiger partial charge in [-0.25, -0.2) is 23.1 Å². The lowest BCUT2D eigenvalue weighted by Gasteiger charge is -2.39. The normalized spacial score (nSPS) is 18.7. The van der Waals surface area contributed by atoms with Gasteiger partial charge in [-0.2, -0.15) is 5.10 Å². The minimum absolute atomic E-state index is 0.145. The van der Waals surface area contributed by atoms with Gasteiger partial charge in [0.2, 0.25) is 0 Å². The average Bonchev–Trinajstić information content (AvgIpc) is 3.47. The number of anilines is 2. The van der Waals surface area contributed by atoms with E-state index >= 15 is 0 Å². The van der Waals surface area contributed by atoms with Gasteiger partial charge >= 0.3 is 0 Å².